The van der Waals surface area contributed by atoms with Crippen molar-refractivity contribution in [3.8, 4) is 0 Å². The quantitative estimate of drug-likeness (QED) is 0.578. The van der Waals surface area contributed by atoms with Crippen LogP contribution in [0.1, 0.15) is 36.8 Å². The molecule has 2 aromatic carbocycles. The normalized spacial score (nSPS) is 19.3. The minimum Gasteiger partial charge on any atom is -0.308 e. The van der Waals surface area contributed by atoms with Gasteiger partial charge < -0.3 is 10.6 Å². The first-order chi connectivity index (χ1) is 11.7. The van der Waals surface area contributed by atoms with Gasteiger partial charge >= 0.3 is 0 Å². The van der Waals surface area contributed by atoms with Gasteiger partial charge in [-0.15, -0.1) is 24.8 Å². The van der Waals surface area contributed by atoms with E-state index < -0.39 is 0 Å². The van der Waals surface area contributed by atoms with Crippen molar-refractivity contribution in [2.24, 2.45) is 0 Å². The highest BCUT2D eigenvalue weighted by atomic mass is 35.5. The van der Waals surface area contributed by atoms with Gasteiger partial charge in [0.25, 0.3) is 0 Å². The minimum atomic E-state index is 0. The zero-order chi connectivity index (χ0) is 16.8. The van der Waals surface area contributed by atoms with E-state index >= 15 is 0 Å². The lowest BCUT2D eigenvalue weighted by Crippen LogP contribution is -2.49. The average Bonchev–Trinajstić information content (AvgIpc) is 2.61. The fourth-order valence-electron chi connectivity index (χ4n) is 3.32. The van der Waals surface area contributed by atoms with Crippen LogP contribution in [-0.2, 0) is 13.1 Å². The van der Waals surface area contributed by atoms with Crippen LogP contribution in [0.2, 0.25) is 10.0 Å². The fourth-order valence-corrected chi connectivity index (χ4v) is 3.57. The van der Waals surface area contributed by atoms with E-state index in [1.165, 1.54) is 36.8 Å². The van der Waals surface area contributed by atoms with E-state index in [9.17, 15) is 0 Å². The van der Waals surface area contributed by atoms with Crippen LogP contribution in [-0.4, -0.2) is 12.1 Å². The molecule has 0 bridgehead atoms. The third-order valence-electron chi connectivity index (χ3n) is 4.73. The fraction of sp³-hybridized carbons (Fsp3) is 0.400. The molecule has 2 aromatic rings. The molecule has 6 heteroatoms. The van der Waals surface area contributed by atoms with Gasteiger partial charge in [0.2, 0.25) is 0 Å². The number of benzene rings is 2. The molecule has 0 heterocycles. The van der Waals surface area contributed by atoms with Crippen molar-refractivity contribution in [2.45, 2.75) is 50.9 Å². The van der Waals surface area contributed by atoms with E-state index in [4.69, 9.17) is 23.2 Å². The maximum absolute atomic E-state index is 5.95. The molecule has 2 nitrogen and oxygen atoms in total. The lowest BCUT2D eigenvalue weighted by atomic mass is 9.90. The number of hydrogen-bond donors (Lipinski definition) is 2. The Morgan fingerprint density at radius 1 is 0.654 bits per heavy atom. The van der Waals surface area contributed by atoms with Gasteiger partial charge in [-0.05, 0) is 48.2 Å². The maximum atomic E-state index is 5.95. The van der Waals surface area contributed by atoms with Crippen LogP contribution in [0.5, 0.6) is 0 Å². The zero-order valence-corrected chi connectivity index (χ0v) is 17.7. The lowest BCUT2D eigenvalue weighted by Gasteiger charge is -2.33. The molecule has 0 amide bonds. The standard InChI is InChI=1S/C20H24Cl2N2.2ClH/c21-17-9-5-15(6-10-17)13-23-19-3-1-2-4-20(19)24-14-16-7-11-18(22)12-8-16;;/h5-12,19-20,23-24H,1-4,13-14H2;2*1H. The molecule has 0 aliphatic heterocycles. The summed E-state index contributed by atoms with van der Waals surface area (Å²) in [6.07, 6.45) is 5.06. The Labute approximate surface area is 178 Å². The van der Waals surface area contributed by atoms with Crippen LogP contribution in [0.3, 0.4) is 0 Å². The Morgan fingerprint density at radius 2 is 1.00 bits per heavy atom. The molecule has 2 atom stereocenters. The first kappa shape index (κ1) is 23.6. The Hall–Kier alpha value is -0.480. The summed E-state index contributed by atoms with van der Waals surface area (Å²) in [6, 6.07) is 17.2. The van der Waals surface area contributed by atoms with Crippen LogP contribution in [0.4, 0.5) is 0 Å². The molecule has 1 fully saturated rings. The van der Waals surface area contributed by atoms with E-state index in [0.29, 0.717) is 12.1 Å². The maximum Gasteiger partial charge on any atom is 0.0406 e. The van der Waals surface area contributed by atoms with Crippen molar-refractivity contribution in [1.29, 1.82) is 0 Å². The van der Waals surface area contributed by atoms with Gasteiger partial charge in [0, 0.05) is 35.2 Å². The predicted octanol–water partition coefficient (Wildman–Crippen LogP) is 6.03. The van der Waals surface area contributed by atoms with Crippen molar-refractivity contribution >= 4 is 48.0 Å². The SMILES string of the molecule is Cl.Cl.Clc1ccc(CNC2CCCCC2NCc2ccc(Cl)cc2)cc1. The van der Waals surface area contributed by atoms with Crippen LogP contribution in [0.15, 0.2) is 48.5 Å². The van der Waals surface area contributed by atoms with Gasteiger partial charge in [-0.25, -0.2) is 0 Å². The van der Waals surface area contributed by atoms with E-state index in [-0.39, 0.29) is 24.8 Å². The van der Waals surface area contributed by atoms with Crippen LogP contribution in [0.25, 0.3) is 0 Å². The monoisotopic (exact) mass is 434 g/mol. The van der Waals surface area contributed by atoms with Crippen LogP contribution >= 0.6 is 48.0 Å². The Bertz CT molecular complexity index is 574. The molecule has 2 N–H and O–H groups in total. The molecule has 3 rings (SSSR count). The van der Waals surface area contributed by atoms with Crippen molar-refractivity contribution in [1.82, 2.24) is 10.6 Å². The van der Waals surface area contributed by atoms with Crippen LogP contribution in [0, 0.1) is 0 Å². The lowest BCUT2D eigenvalue weighted by molar-refractivity contribution is 0.281. The third-order valence-corrected chi connectivity index (χ3v) is 5.23. The second kappa shape index (κ2) is 12.1. The van der Waals surface area contributed by atoms with Gasteiger partial charge in [-0.1, -0.05) is 60.3 Å². The molecule has 0 saturated heterocycles. The van der Waals surface area contributed by atoms with Gasteiger partial charge in [0.05, 0.1) is 0 Å². The summed E-state index contributed by atoms with van der Waals surface area (Å²) >= 11 is 11.9. The largest absolute Gasteiger partial charge is 0.308 e. The van der Waals surface area contributed by atoms with Gasteiger partial charge in [-0.3, -0.25) is 0 Å². The molecule has 26 heavy (non-hydrogen) atoms. The first-order valence-corrected chi connectivity index (χ1v) is 9.42. The molecule has 1 aliphatic rings. The Kier molecular flexibility index (Phi) is 10.9. The van der Waals surface area contributed by atoms with Crippen molar-refractivity contribution in [3.63, 3.8) is 0 Å². The smallest absolute Gasteiger partial charge is 0.0406 e. The summed E-state index contributed by atoms with van der Waals surface area (Å²) in [7, 11) is 0. The molecule has 1 saturated carbocycles. The number of nitrogens with one attached hydrogen (secondary N) is 2. The highest BCUT2D eigenvalue weighted by Crippen LogP contribution is 2.20. The molecule has 1 aliphatic carbocycles. The Balaban J connectivity index is 0.00000169. The molecule has 0 radical (unpaired) electrons. The Morgan fingerprint density at radius 3 is 1.35 bits per heavy atom. The summed E-state index contributed by atoms with van der Waals surface area (Å²) in [4.78, 5) is 0. The number of hydrogen-bond acceptors (Lipinski definition) is 2. The first-order valence-electron chi connectivity index (χ1n) is 8.66. The van der Waals surface area contributed by atoms with Crippen molar-refractivity contribution in [2.75, 3.05) is 0 Å². The van der Waals surface area contributed by atoms with Crippen molar-refractivity contribution < 1.29 is 0 Å². The summed E-state index contributed by atoms with van der Waals surface area (Å²) in [5.41, 5.74) is 2.56. The molecule has 0 aromatic heterocycles. The van der Waals surface area contributed by atoms with Gasteiger partial charge in [0.1, 0.15) is 0 Å². The highest BCUT2D eigenvalue weighted by Gasteiger charge is 2.24. The molecule has 144 valence electrons. The zero-order valence-electron chi connectivity index (χ0n) is 14.6. The van der Waals surface area contributed by atoms with E-state index in [1.54, 1.807) is 0 Å². The second-order valence-corrected chi connectivity index (χ2v) is 7.39. The van der Waals surface area contributed by atoms with E-state index in [2.05, 4.69) is 34.9 Å². The van der Waals surface area contributed by atoms with Gasteiger partial charge in [0.15, 0.2) is 0 Å². The molecule has 2 unspecified atom stereocenters. The topological polar surface area (TPSA) is 24.1 Å². The number of halogens is 4. The molecular weight excluding hydrogens is 410 g/mol. The molecule has 0 spiro atoms. The molecular formula is C20H26Cl4N2. The second-order valence-electron chi connectivity index (χ2n) is 6.51. The highest BCUT2D eigenvalue weighted by molar-refractivity contribution is 6.30. The summed E-state index contributed by atoms with van der Waals surface area (Å²) in [6.45, 7) is 1.78. The summed E-state index contributed by atoms with van der Waals surface area (Å²) in [5.74, 6) is 0. The summed E-state index contributed by atoms with van der Waals surface area (Å²) < 4.78 is 0. The van der Waals surface area contributed by atoms with Gasteiger partial charge in [-0.2, -0.15) is 0 Å². The van der Waals surface area contributed by atoms with E-state index in [0.717, 1.165) is 23.1 Å². The average molecular weight is 436 g/mol. The number of rotatable bonds is 6. The van der Waals surface area contributed by atoms with E-state index in [1.807, 2.05) is 24.3 Å². The van der Waals surface area contributed by atoms with Crippen molar-refractivity contribution in [3.05, 3.63) is 69.7 Å². The third kappa shape index (κ3) is 7.26. The van der Waals surface area contributed by atoms with Crippen LogP contribution < -0.4 is 10.6 Å². The predicted molar refractivity (Wildman–Crippen MR) is 117 cm³/mol. The summed E-state index contributed by atoms with van der Waals surface area (Å²) in [5, 5.41) is 9.03. The minimum absolute atomic E-state index is 0.